The minimum atomic E-state index is 0. The number of nitrogens with two attached hydrogens (primary N) is 1. The van der Waals surface area contributed by atoms with Crippen LogP contribution in [-0.2, 0) is 4.79 Å². The number of anilines is 1. The smallest absolute Gasteiger partial charge is 0.223 e. The molecule has 1 fully saturated rings. The van der Waals surface area contributed by atoms with Crippen LogP contribution in [0.1, 0.15) is 24.0 Å². The van der Waals surface area contributed by atoms with Gasteiger partial charge in [-0.15, -0.1) is 24.0 Å². The molecule has 21 heavy (non-hydrogen) atoms. The first-order valence-corrected chi connectivity index (χ1v) is 6.98. The van der Waals surface area contributed by atoms with Gasteiger partial charge in [-0.2, -0.15) is 0 Å². The molecular weight excluding hydrogens is 379 g/mol. The zero-order chi connectivity index (χ0) is 14.5. The van der Waals surface area contributed by atoms with E-state index >= 15 is 0 Å². The summed E-state index contributed by atoms with van der Waals surface area (Å²) < 4.78 is 0. The molecule has 0 bridgehead atoms. The van der Waals surface area contributed by atoms with Crippen molar-refractivity contribution in [3.05, 3.63) is 29.3 Å². The van der Waals surface area contributed by atoms with E-state index in [0.717, 1.165) is 18.5 Å². The Balaban J connectivity index is 0.00000220. The predicted molar refractivity (Wildman–Crippen MR) is 97.2 cm³/mol. The lowest BCUT2D eigenvalue weighted by Crippen LogP contribution is -2.29. The molecule has 0 unspecified atom stereocenters. The lowest BCUT2D eigenvalue weighted by atomic mass is 10.1. The van der Waals surface area contributed by atoms with Gasteiger partial charge in [0, 0.05) is 18.2 Å². The summed E-state index contributed by atoms with van der Waals surface area (Å²) in [5, 5.41) is 5.90. The fourth-order valence-corrected chi connectivity index (χ4v) is 1.85. The highest BCUT2D eigenvalue weighted by atomic mass is 127. The number of nitrogens with one attached hydrogen (secondary N) is 2. The van der Waals surface area contributed by atoms with Crippen LogP contribution in [0, 0.1) is 19.8 Å². The molecule has 1 aliphatic carbocycles. The lowest BCUT2D eigenvalue weighted by Gasteiger charge is -2.08. The second-order valence-electron chi connectivity index (χ2n) is 5.26. The molecule has 0 radical (unpaired) electrons. The van der Waals surface area contributed by atoms with Crippen LogP contribution in [0.2, 0.25) is 0 Å². The zero-order valence-electron chi connectivity index (χ0n) is 12.5. The van der Waals surface area contributed by atoms with E-state index in [1.54, 1.807) is 0 Å². The van der Waals surface area contributed by atoms with Gasteiger partial charge in [-0.25, -0.2) is 0 Å². The maximum atomic E-state index is 11.4. The molecule has 0 saturated heterocycles. The number of rotatable bonds is 5. The van der Waals surface area contributed by atoms with E-state index in [-0.39, 0.29) is 35.8 Å². The molecule has 1 aromatic rings. The number of aliphatic imine (C=N–C) groups is 1. The van der Waals surface area contributed by atoms with E-state index in [1.165, 1.54) is 11.1 Å². The second kappa shape index (κ2) is 8.21. The molecule has 0 aromatic heterocycles. The molecule has 116 valence electrons. The summed E-state index contributed by atoms with van der Waals surface area (Å²) in [4.78, 5) is 15.6. The third-order valence-corrected chi connectivity index (χ3v) is 3.42. The first-order chi connectivity index (χ1) is 9.56. The van der Waals surface area contributed by atoms with Crippen molar-refractivity contribution in [2.75, 3.05) is 18.4 Å². The molecule has 6 heteroatoms. The van der Waals surface area contributed by atoms with E-state index in [0.29, 0.717) is 19.0 Å². The van der Waals surface area contributed by atoms with Crippen molar-refractivity contribution in [3.63, 3.8) is 0 Å². The number of benzene rings is 1. The molecule has 0 heterocycles. The SMILES string of the molecule is Cc1ccc(NC(N)=NCCNC(=O)C2CC2)cc1C.I. The van der Waals surface area contributed by atoms with Gasteiger partial charge in [-0.05, 0) is 49.9 Å². The van der Waals surface area contributed by atoms with Gasteiger partial charge in [-0.1, -0.05) is 6.07 Å². The van der Waals surface area contributed by atoms with Crippen molar-refractivity contribution >= 4 is 41.5 Å². The quantitative estimate of drug-likeness (QED) is 0.306. The van der Waals surface area contributed by atoms with Crippen molar-refractivity contribution in [3.8, 4) is 0 Å². The summed E-state index contributed by atoms with van der Waals surface area (Å²) in [5.41, 5.74) is 9.19. The standard InChI is InChI=1S/C15H22N4O.HI/c1-10-3-6-13(9-11(10)2)19-15(16)18-8-7-17-14(20)12-4-5-12;/h3,6,9,12H,4-5,7-8H2,1-2H3,(H,17,20)(H3,16,18,19);1H. The number of amides is 1. The van der Waals surface area contributed by atoms with E-state index in [9.17, 15) is 4.79 Å². The number of nitrogens with zero attached hydrogens (tertiary/aromatic N) is 1. The van der Waals surface area contributed by atoms with E-state index in [2.05, 4.69) is 29.5 Å². The van der Waals surface area contributed by atoms with Gasteiger partial charge in [0.25, 0.3) is 0 Å². The summed E-state index contributed by atoms with van der Waals surface area (Å²) >= 11 is 0. The highest BCUT2D eigenvalue weighted by Crippen LogP contribution is 2.28. The Bertz CT molecular complexity index is 526. The molecule has 4 N–H and O–H groups in total. The van der Waals surface area contributed by atoms with Crippen molar-refractivity contribution in [2.24, 2.45) is 16.6 Å². The van der Waals surface area contributed by atoms with Gasteiger partial charge in [0.2, 0.25) is 5.91 Å². The van der Waals surface area contributed by atoms with Crippen LogP contribution in [0.3, 0.4) is 0 Å². The van der Waals surface area contributed by atoms with Gasteiger partial charge in [0.05, 0.1) is 6.54 Å². The first kappa shape index (κ1) is 17.7. The third kappa shape index (κ3) is 5.91. The number of hydrogen-bond acceptors (Lipinski definition) is 2. The third-order valence-electron chi connectivity index (χ3n) is 3.42. The minimum absolute atomic E-state index is 0. The second-order valence-corrected chi connectivity index (χ2v) is 5.26. The number of carbonyl (C=O) groups excluding carboxylic acids is 1. The van der Waals surface area contributed by atoms with Crippen LogP contribution < -0.4 is 16.4 Å². The van der Waals surface area contributed by atoms with Crippen LogP contribution in [0.4, 0.5) is 5.69 Å². The van der Waals surface area contributed by atoms with Crippen LogP contribution in [0.15, 0.2) is 23.2 Å². The first-order valence-electron chi connectivity index (χ1n) is 6.98. The molecule has 1 aromatic carbocycles. The lowest BCUT2D eigenvalue weighted by molar-refractivity contribution is -0.122. The molecule has 2 rings (SSSR count). The molecular formula is C15H23IN4O. The number of hydrogen-bond donors (Lipinski definition) is 3. The number of aryl methyl sites for hydroxylation is 2. The number of halogens is 1. The fraction of sp³-hybridized carbons (Fsp3) is 0.467. The van der Waals surface area contributed by atoms with Gasteiger partial charge in [-0.3, -0.25) is 9.79 Å². The summed E-state index contributed by atoms with van der Waals surface area (Å²) in [6.45, 7) is 5.15. The van der Waals surface area contributed by atoms with Gasteiger partial charge >= 0.3 is 0 Å². The highest BCUT2D eigenvalue weighted by molar-refractivity contribution is 14.0. The molecule has 1 amide bonds. The Hall–Kier alpha value is -1.31. The van der Waals surface area contributed by atoms with Crippen molar-refractivity contribution in [1.82, 2.24) is 5.32 Å². The molecule has 0 aliphatic heterocycles. The van der Waals surface area contributed by atoms with Gasteiger partial charge in [0.15, 0.2) is 5.96 Å². The summed E-state index contributed by atoms with van der Waals surface area (Å²) in [7, 11) is 0. The van der Waals surface area contributed by atoms with Crippen LogP contribution in [-0.4, -0.2) is 25.0 Å². The Kier molecular flexibility index (Phi) is 6.94. The Labute approximate surface area is 142 Å². The summed E-state index contributed by atoms with van der Waals surface area (Å²) in [6.07, 6.45) is 2.04. The van der Waals surface area contributed by atoms with Crippen molar-refractivity contribution in [2.45, 2.75) is 26.7 Å². The molecule has 5 nitrogen and oxygen atoms in total. The monoisotopic (exact) mass is 402 g/mol. The molecule has 1 aliphatic rings. The average Bonchev–Trinajstić information content (AvgIpc) is 3.23. The summed E-state index contributed by atoms with van der Waals surface area (Å²) in [5.74, 6) is 0.750. The number of guanidine groups is 1. The maximum Gasteiger partial charge on any atom is 0.223 e. The van der Waals surface area contributed by atoms with Crippen LogP contribution >= 0.6 is 24.0 Å². The largest absolute Gasteiger partial charge is 0.370 e. The molecule has 1 saturated carbocycles. The topological polar surface area (TPSA) is 79.5 Å². The van der Waals surface area contributed by atoms with Crippen LogP contribution in [0.25, 0.3) is 0 Å². The number of carbonyl (C=O) groups is 1. The molecule has 0 atom stereocenters. The highest BCUT2D eigenvalue weighted by Gasteiger charge is 2.28. The predicted octanol–water partition coefficient (Wildman–Crippen LogP) is 2.17. The normalized spacial score (nSPS) is 14.3. The van der Waals surface area contributed by atoms with Crippen molar-refractivity contribution in [1.29, 1.82) is 0 Å². The minimum Gasteiger partial charge on any atom is -0.370 e. The van der Waals surface area contributed by atoms with Gasteiger partial charge < -0.3 is 16.4 Å². The van der Waals surface area contributed by atoms with E-state index in [1.807, 2.05) is 18.2 Å². The zero-order valence-corrected chi connectivity index (χ0v) is 14.8. The Morgan fingerprint density at radius 2 is 2.05 bits per heavy atom. The maximum absolute atomic E-state index is 11.4. The fourth-order valence-electron chi connectivity index (χ4n) is 1.85. The Morgan fingerprint density at radius 1 is 1.33 bits per heavy atom. The summed E-state index contributed by atoms with van der Waals surface area (Å²) in [6, 6.07) is 6.05. The Morgan fingerprint density at radius 3 is 2.67 bits per heavy atom. The van der Waals surface area contributed by atoms with Crippen LogP contribution in [0.5, 0.6) is 0 Å². The van der Waals surface area contributed by atoms with Crippen molar-refractivity contribution < 1.29 is 4.79 Å². The van der Waals surface area contributed by atoms with Gasteiger partial charge in [0.1, 0.15) is 0 Å². The molecule has 0 spiro atoms. The van der Waals surface area contributed by atoms with E-state index < -0.39 is 0 Å². The van der Waals surface area contributed by atoms with E-state index in [4.69, 9.17) is 5.73 Å². The average molecular weight is 402 g/mol.